The Labute approximate surface area is 129 Å². The summed E-state index contributed by atoms with van der Waals surface area (Å²) in [4.78, 5) is 11.9. The summed E-state index contributed by atoms with van der Waals surface area (Å²) in [6.07, 6.45) is 3.27. The van der Waals surface area contributed by atoms with Gasteiger partial charge in [0.05, 0.1) is 12.1 Å². The van der Waals surface area contributed by atoms with E-state index in [1.54, 1.807) is 12.1 Å². The second kappa shape index (κ2) is 7.30. The van der Waals surface area contributed by atoms with Crippen LogP contribution >= 0.6 is 23.2 Å². The van der Waals surface area contributed by atoms with Crippen molar-refractivity contribution in [1.82, 2.24) is 5.32 Å². The van der Waals surface area contributed by atoms with Crippen molar-refractivity contribution in [2.45, 2.75) is 44.8 Å². The highest BCUT2D eigenvalue weighted by atomic mass is 35.5. The van der Waals surface area contributed by atoms with Crippen LogP contribution in [-0.2, 0) is 16.0 Å². The number of rotatable bonds is 5. The number of nitrogens with one attached hydrogen (secondary N) is 1. The Kier molecular flexibility index (Phi) is 5.70. The average molecular weight is 316 g/mol. The number of carbonyl (C=O) groups excluding carboxylic acids is 1. The van der Waals surface area contributed by atoms with Crippen molar-refractivity contribution in [3.05, 3.63) is 33.8 Å². The smallest absolute Gasteiger partial charge is 0.220 e. The second-order valence-electron chi connectivity index (χ2n) is 5.14. The van der Waals surface area contributed by atoms with Crippen LogP contribution in [0.5, 0.6) is 0 Å². The fraction of sp³-hybridized carbons (Fsp3) is 0.533. The number of ether oxygens (including phenoxy) is 1. The minimum atomic E-state index is 0.0269. The zero-order valence-electron chi connectivity index (χ0n) is 11.5. The molecule has 1 fully saturated rings. The van der Waals surface area contributed by atoms with Crippen LogP contribution in [0.4, 0.5) is 0 Å². The van der Waals surface area contributed by atoms with Crippen LogP contribution in [0.2, 0.25) is 10.0 Å². The third-order valence-electron chi connectivity index (χ3n) is 3.55. The van der Waals surface area contributed by atoms with Crippen LogP contribution in [0.25, 0.3) is 0 Å². The highest BCUT2D eigenvalue weighted by molar-refractivity contribution is 6.35. The Morgan fingerprint density at radius 3 is 2.95 bits per heavy atom. The van der Waals surface area contributed by atoms with Gasteiger partial charge >= 0.3 is 0 Å². The molecule has 1 aromatic carbocycles. The lowest BCUT2D eigenvalue weighted by Gasteiger charge is -2.20. The average Bonchev–Trinajstić information content (AvgIpc) is 2.91. The van der Waals surface area contributed by atoms with E-state index < -0.39 is 0 Å². The van der Waals surface area contributed by atoms with E-state index in [9.17, 15) is 4.79 Å². The molecule has 0 radical (unpaired) electrons. The van der Waals surface area contributed by atoms with Crippen LogP contribution in [0.1, 0.15) is 31.7 Å². The Balaban J connectivity index is 1.79. The van der Waals surface area contributed by atoms with Crippen LogP contribution in [-0.4, -0.2) is 24.7 Å². The topological polar surface area (TPSA) is 38.3 Å². The lowest BCUT2D eigenvalue weighted by atomic mass is 10.1. The number of hydrogen-bond donors (Lipinski definition) is 1. The Morgan fingerprint density at radius 1 is 1.50 bits per heavy atom. The molecule has 0 unspecified atom stereocenters. The molecule has 0 aromatic heterocycles. The van der Waals surface area contributed by atoms with Crippen molar-refractivity contribution in [1.29, 1.82) is 0 Å². The molecule has 1 aliphatic heterocycles. The molecule has 2 atom stereocenters. The normalized spacial score (nSPS) is 19.9. The van der Waals surface area contributed by atoms with E-state index in [2.05, 4.69) is 5.32 Å². The molecule has 0 aliphatic carbocycles. The standard InChI is InChI=1S/C15H19Cl2NO2/c1-10(14-3-2-8-20-14)18-15(19)7-5-11-4-6-12(16)9-13(11)17/h4,6,9-10,14H,2-3,5,7-8H2,1H3,(H,18,19)/t10-,14+/m1/s1. The van der Waals surface area contributed by atoms with E-state index in [-0.39, 0.29) is 18.1 Å². The van der Waals surface area contributed by atoms with Gasteiger partial charge in [-0.3, -0.25) is 4.79 Å². The van der Waals surface area contributed by atoms with E-state index >= 15 is 0 Å². The third-order valence-corrected chi connectivity index (χ3v) is 4.13. The molecule has 3 nitrogen and oxygen atoms in total. The maximum Gasteiger partial charge on any atom is 0.220 e. The number of amides is 1. The van der Waals surface area contributed by atoms with Crippen molar-refractivity contribution < 1.29 is 9.53 Å². The van der Waals surface area contributed by atoms with Crippen molar-refractivity contribution in [3.63, 3.8) is 0 Å². The molecule has 0 saturated carbocycles. The number of aryl methyl sites for hydroxylation is 1. The van der Waals surface area contributed by atoms with Crippen LogP contribution < -0.4 is 5.32 Å². The minimum absolute atomic E-state index is 0.0269. The fourth-order valence-corrected chi connectivity index (χ4v) is 2.89. The summed E-state index contributed by atoms with van der Waals surface area (Å²) >= 11 is 11.9. The largest absolute Gasteiger partial charge is 0.376 e. The van der Waals surface area contributed by atoms with Gasteiger partial charge in [-0.25, -0.2) is 0 Å². The molecule has 2 rings (SSSR count). The lowest BCUT2D eigenvalue weighted by molar-refractivity contribution is -0.122. The number of hydrogen-bond acceptors (Lipinski definition) is 2. The van der Waals surface area contributed by atoms with Gasteiger partial charge in [0.15, 0.2) is 0 Å². The predicted molar refractivity (Wildman–Crippen MR) is 81.4 cm³/mol. The molecule has 0 spiro atoms. The number of carbonyl (C=O) groups is 1. The van der Waals surface area contributed by atoms with Crippen LogP contribution in [0.15, 0.2) is 18.2 Å². The fourth-order valence-electron chi connectivity index (χ4n) is 2.39. The molecule has 1 aliphatic rings. The monoisotopic (exact) mass is 315 g/mol. The lowest BCUT2D eigenvalue weighted by Crippen LogP contribution is -2.40. The zero-order valence-corrected chi connectivity index (χ0v) is 13.0. The van der Waals surface area contributed by atoms with E-state index in [4.69, 9.17) is 27.9 Å². The first-order chi connectivity index (χ1) is 9.56. The van der Waals surface area contributed by atoms with Gasteiger partial charge in [-0.1, -0.05) is 29.3 Å². The zero-order chi connectivity index (χ0) is 14.5. The van der Waals surface area contributed by atoms with Crippen molar-refractivity contribution in [3.8, 4) is 0 Å². The third kappa shape index (κ3) is 4.37. The van der Waals surface area contributed by atoms with E-state index in [0.717, 1.165) is 25.0 Å². The molecular formula is C15H19Cl2NO2. The summed E-state index contributed by atoms with van der Waals surface area (Å²) in [5, 5.41) is 4.21. The highest BCUT2D eigenvalue weighted by Gasteiger charge is 2.23. The predicted octanol–water partition coefficient (Wildman–Crippen LogP) is 3.61. The first-order valence-corrected chi connectivity index (χ1v) is 7.67. The second-order valence-corrected chi connectivity index (χ2v) is 5.99. The molecule has 110 valence electrons. The van der Waals surface area contributed by atoms with Gasteiger partial charge in [0.25, 0.3) is 0 Å². The molecule has 1 amide bonds. The van der Waals surface area contributed by atoms with Gasteiger partial charge < -0.3 is 10.1 Å². The van der Waals surface area contributed by atoms with Gasteiger partial charge in [-0.2, -0.15) is 0 Å². The number of halogens is 2. The molecule has 1 N–H and O–H groups in total. The highest BCUT2D eigenvalue weighted by Crippen LogP contribution is 2.22. The Bertz CT molecular complexity index is 473. The van der Waals surface area contributed by atoms with Crippen molar-refractivity contribution in [2.24, 2.45) is 0 Å². The first kappa shape index (κ1) is 15.6. The van der Waals surface area contributed by atoms with Crippen LogP contribution in [0, 0.1) is 0 Å². The van der Waals surface area contributed by atoms with E-state index in [1.165, 1.54) is 0 Å². The summed E-state index contributed by atoms with van der Waals surface area (Å²) in [6.45, 7) is 2.79. The van der Waals surface area contributed by atoms with E-state index in [0.29, 0.717) is 22.9 Å². The maximum atomic E-state index is 11.9. The Morgan fingerprint density at radius 2 is 2.30 bits per heavy atom. The summed E-state index contributed by atoms with van der Waals surface area (Å²) in [5.74, 6) is 0.0269. The van der Waals surface area contributed by atoms with Gasteiger partial charge in [0, 0.05) is 23.1 Å². The van der Waals surface area contributed by atoms with Gasteiger partial charge in [-0.05, 0) is 43.9 Å². The van der Waals surface area contributed by atoms with Gasteiger partial charge in [0.1, 0.15) is 0 Å². The molecule has 1 aromatic rings. The summed E-state index contributed by atoms with van der Waals surface area (Å²) < 4.78 is 5.56. The molecule has 20 heavy (non-hydrogen) atoms. The number of benzene rings is 1. The first-order valence-electron chi connectivity index (χ1n) is 6.91. The minimum Gasteiger partial charge on any atom is -0.376 e. The molecule has 1 saturated heterocycles. The molecular weight excluding hydrogens is 297 g/mol. The molecule has 5 heteroatoms. The SMILES string of the molecule is C[C@@H](NC(=O)CCc1ccc(Cl)cc1Cl)[C@@H]1CCCO1. The van der Waals surface area contributed by atoms with Crippen molar-refractivity contribution >= 4 is 29.1 Å². The summed E-state index contributed by atoms with van der Waals surface area (Å²) in [7, 11) is 0. The van der Waals surface area contributed by atoms with Gasteiger partial charge in [-0.15, -0.1) is 0 Å². The molecule has 0 bridgehead atoms. The quantitative estimate of drug-likeness (QED) is 0.901. The van der Waals surface area contributed by atoms with E-state index in [1.807, 2.05) is 13.0 Å². The Hall–Kier alpha value is -0.770. The summed E-state index contributed by atoms with van der Waals surface area (Å²) in [6, 6.07) is 5.41. The van der Waals surface area contributed by atoms with Gasteiger partial charge in [0.2, 0.25) is 5.91 Å². The van der Waals surface area contributed by atoms with Crippen molar-refractivity contribution in [2.75, 3.05) is 6.61 Å². The maximum absolute atomic E-state index is 11.9. The summed E-state index contributed by atoms with van der Waals surface area (Å²) in [5.41, 5.74) is 0.941. The molecule has 1 heterocycles. The van der Waals surface area contributed by atoms with Crippen LogP contribution in [0.3, 0.4) is 0 Å².